The molecule has 0 bridgehead atoms. The van der Waals surface area contributed by atoms with Gasteiger partial charge in [-0.3, -0.25) is 0 Å². The molecule has 3 aromatic carbocycles. The molecule has 6 nitrogen and oxygen atoms in total. The first kappa shape index (κ1) is 27.0. The number of rotatable bonds is 6. The van der Waals surface area contributed by atoms with Gasteiger partial charge in [0.05, 0.1) is 5.52 Å². The molecular weight excluding hydrogens is 488 g/mol. The summed E-state index contributed by atoms with van der Waals surface area (Å²) >= 11 is 0. The van der Waals surface area contributed by atoms with Crippen molar-refractivity contribution in [2.75, 3.05) is 26.1 Å². The van der Waals surface area contributed by atoms with Crippen molar-refractivity contribution in [1.82, 2.24) is 4.57 Å². The van der Waals surface area contributed by atoms with Gasteiger partial charge in [-0.25, -0.2) is 4.39 Å². The summed E-state index contributed by atoms with van der Waals surface area (Å²) in [6.07, 6.45) is 2.98. The lowest BCUT2D eigenvalue weighted by molar-refractivity contribution is 0.0843. The SMILES string of the molecule is CC.COP(O)c1ccc(-c2c(C3CCOCC3)n(-c3ccc(F)cc3)c3cc(C=N)c(N)cc23)cc1. The molecule has 37 heavy (non-hydrogen) atoms. The van der Waals surface area contributed by atoms with Gasteiger partial charge >= 0.3 is 0 Å². The van der Waals surface area contributed by atoms with E-state index in [1.54, 1.807) is 12.1 Å². The lowest BCUT2D eigenvalue weighted by atomic mass is 9.90. The van der Waals surface area contributed by atoms with Crippen LogP contribution in [0.1, 0.15) is 43.9 Å². The molecule has 1 unspecified atom stereocenters. The van der Waals surface area contributed by atoms with Crippen LogP contribution in [0.25, 0.3) is 27.7 Å². The Labute approximate surface area is 218 Å². The lowest BCUT2D eigenvalue weighted by Gasteiger charge is -2.26. The van der Waals surface area contributed by atoms with E-state index >= 15 is 0 Å². The maximum Gasteiger partial charge on any atom is 0.202 e. The quantitative estimate of drug-likeness (QED) is 0.153. The zero-order chi connectivity index (χ0) is 26.5. The van der Waals surface area contributed by atoms with Crippen LogP contribution >= 0.6 is 8.38 Å². The molecule has 4 N–H and O–H groups in total. The number of nitrogens with one attached hydrogen (secondary N) is 1. The van der Waals surface area contributed by atoms with E-state index in [9.17, 15) is 9.28 Å². The second-order valence-electron chi connectivity index (χ2n) is 8.60. The normalized spacial score (nSPS) is 14.7. The fourth-order valence-electron chi connectivity index (χ4n) is 4.90. The molecule has 1 saturated heterocycles. The van der Waals surface area contributed by atoms with E-state index in [0.29, 0.717) is 24.5 Å². The minimum Gasteiger partial charge on any atom is -0.398 e. The lowest BCUT2D eigenvalue weighted by Crippen LogP contribution is -2.17. The Morgan fingerprint density at radius 2 is 1.73 bits per heavy atom. The average Bonchev–Trinajstić information content (AvgIpc) is 3.28. The van der Waals surface area contributed by atoms with Gasteiger partial charge in [-0.2, -0.15) is 0 Å². The molecule has 1 aromatic heterocycles. The van der Waals surface area contributed by atoms with E-state index in [-0.39, 0.29) is 11.7 Å². The Morgan fingerprint density at radius 3 is 2.32 bits per heavy atom. The van der Waals surface area contributed by atoms with Gasteiger partial charge in [-0.05, 0) is 66.9 Å². The maximum atomic E-state index is 13.8. The molecule has 1 aliphatic heterocycles. The Morgan fingerprint density at radius 1 is 1.08 bits per heavy atom. The smallest absolute Gasteiger partial charge is 0.202 e. The molecule has 4 aromatic rings. The van der Waals surface area contributed by atoms with Crippen LogP contribution in [0.5, 0.6) is 0 Å². The number of anilines is 1. The summed E-state index contributed by atoms with van der Waals surface area (Å²) in [5.74, 6) is -0.0776. The summed E-state index contributed by atoms with van der Waals surface area (Å²) in [5.41, 5.74) is 12.4. The monoisotopic (exact) mass is 521 g/mol. The van der Waals surface area contributed by atoms with Crippen LogP contribution in [0.15, 0.2) is 60.7 Å². The summed E-state index contributed by atoms with van der Waals surface area (Å²) in [6.45, 7) is 5.34. The maximum absolute atomic E-state index is 13.8. The number of nitrogen functional groups attached to an aromatic ring is 1. The van der Waals surface area contributed by atoms with Crippen LogP contribution in [-0.2, 0) is 9.26 Å². The number of hydrogen-bond acceptors (Lipinski definition) is 5. The van der Waals surface area contributed by atoms with E-state index in [4.69, 9.17) is 20.4 Å². The second kappa shape index (κ2) is 12.0. The highest BCUT2D eigenvalue weighted by Gasteiger charge is 2.28. The van der Waals surface area contributed by atoms with E-state index in [0.717, 1.165) is 51.6 Å². The predicted octanol–water partition coefficient (Wildman–Crippen LogP) is 6.51. The summed E-state index contributed by atoms with van der Waals surface area (Å²) < 4.78 is 26.8. The van der Waals surface area contributed by atoms with E-state index in [1.165, 1.54) is 25.5 Å². The van der Waals surface area contributed by atoms with Crippen molar-refractivity contribution < 1.29 is 18.5 Å². The summed E-state index contributed by atoms with van der Waals surface area (Å²) in [6, 6.07) is 18.1. The third-order valence-corrected chi connectivity index (χ3v) is 7.69. The van der Waals surface area contributed by atoms with Crippen LogP contribution in [0.2, 0.25) is 0 Å². The number of benzene rings is 3. The van der Waals surface area contributed by atoms with E-state index in [2.05, 4.69) is 4.57 Å². The number of hydrogen-bond donors (Lipinski definition) is 3. The Balaban J connectivity index is 0.00000156. The van der Waals surface area contributed by atoms with Crippen LogP contribution in [0.3, 0.4) is 0 Å². The van der Waals surface area contributed by atoms with Crippen molar-refractivity contribution >= 4 is 36.5 Å². The standard InChI is InChI=1S/C27H27FN3O3P.C2H6/c1-33-35(32)22-8-2-17(3-9-22)26-23-15-24(30)19(16-29)14-25(23)31(21-6-4-20(28)5-7-21)27(26)18-10-12-34-13-11-18;1-2/h2-9,14-16,18,29,32H,10-13,30H2,1H3;1-2H3. The molecule has 1 fully saturated rings. The van der Waals surface area contributed by atoms with Gasteiger partial charge in [0.15, 0.2) is 0 Å². The largest absolute Gasteiger partial charge is 0.398 e. The first-order valence-corrected chi connectivity index (χ1v) is 13.7. The highest BCUT2D eigenvalue weighted by atomic mass is 31.2. The van der Waals surface area contributed by atoms with Crippen LogP contribution in [0.4, 0.5) is 10.1 Å². The minimum absolute atomic E-state index is 0.217. The predicted molar refractivity (Wildman–Crippen MR) is 151 cm³/mol. The van der Waals surface area contributed by atoms with Crippen molar-refractivity contribution in [3.63, 3.8) is 0 Å². The van der Waals surface area contributed by atoms with Crippen LogP contribution < -0.4 is 11.0 Å². The molecule has 8 heteroatoms. The van der Waals surface area contributed by atoms with Gasteiger partial charge in [0.25, 0.3) is 0 Å². The minimum atomic E-state index is -1.66. The van der Waals surface area contributed by atoms with Gasteiger partial charge in [-0.1, -0.05) is 26.0 Å². The zero-order valence-corrected chi connectivity index (χ0v) is 22.3. The third kappa shape index (κ3) is 5.32. The highest BCUT2D eigenvalue weighted by molar-refractivity contribution is 7.54. The van der Waals surface area contributed by atoms with Crippen molar-refractivity contribution in [3.05, 3.63) is 77.7 Å². The van der Waals surface area contributed by atoms with Crippen LogP contribution in [0, 0.1) is 11.2 Å². The Bertz CT molecular complexity index is 1360. The van der Waals surface area contributed by atoms with E-state index in [1.807, 2.05) is 50.2 Å². The van der Waals surface area contributed by atoms with Crippen molar-refractivity contribution in [2.45, 2.75) is 32.6 Å². The average molecular weight is 522 g/mol. The fraction of sp³-hybridized carbons (Fsp3) is 0.276. The molecule has 0 spiro atoms. The first-order chi connectivity index (χ1) is 18.0. The fourth-order valence-corrected chi connectivity index (χ4v) is 5.52. The third-order valence-electron chi connectivity index (χ3n) is 6.61. The molecule has 194 valence electrons. The number of nitrogens with two attached hydrogens (primary N) is 1. The van der Waals surface area contributed by atoms with Gasteiger partial charge in [0.2, 0.25) is 8.38 Å². The van der Waals surface area contributed by atoms with E-state index < -0.39 is 8.38 Å². The Kier molecular flexibility index (Phi) is 8.72. The highest BCUT2D eigenvalue weighted by Crippen LogP contribution is 2.44. The molecule has 0 saturated carbocycles. The summed E-state index contributed by atoms with van der Waals surface area (Å²) in [4.78, 5) is 10.1. The molecule has 2 heterocycles. The van der Waals surface area contributed by atoms with Gasteiger partial charge in [-0.15, -0.1) is 0 Å². The molecule has 0 amide bonds. The molecule has 0 radical (unpaired) electrons. The second-order valence-corrected chi connectivity index (χ2v) is 10.0. The number of ether oxygens (including phenoxy) is 1. The number of halogens is 1. The molecule has 0 aliphatic carbocycles. The summed E-state index contributed by atoms with van der Waals surface area (Å²) in [7, 11) is -0.168. The van der Waals surface area contributed by atoms with Gasteiger partial charge in [0.1, 0.15) is 5.82 Å². The van der Waals surface area contributed by atoms with Crippen molar-refractivity contribution in [2.24, 2.45) is 0 Å². The number of nitrogens with zero attached hydrogens (tertiary/aromatic N) is 1. The van der Waals surface area contributed by atoms with Gasteiger partial charge < -0.3 is 29.9 Å². The molecule has 1 aliphatic rings. The molecule has 5 rings (SSSR count). The summed E-state index contributed by atoms with van der Waals surface area (Å²) in [5, 5.41) is 9.54. The number of aromatic nitrogens is 1. The zero-order valence-electron chi connectivity index (χ0n) is 21.4. The molecule has 1 atom stereocenters. The van der Waals surface area contributed by atoms with Crippen LogP contribution in [-0.4, -0.2) is 36.0 Å². The van der Waals surface area contributed by atoms with Crippen molar-refractivity contribution in [1.29, 1.82) is 5.41 Å². The number of fused-ring (bicyclic) bond motifs is 1. The topological polar surface area (TPSA) is 93.5 Å². The Hall–Kier alpha value is -3.09. The first-order valence-electron chi connectivity index (χ1n) is 12.5. The molecular formula is C29H33FN3O3P. The van der Waals surface area contributed by atoms with Crippen molar-refractivity contribution in [3.8, 4) is 16.8 Å². The van der Waals surface area contributed by atoms with Gasteiger partial charge in [0, 0.05) is 71.3 Å².